The second-order valence-corrected chi connectivity index (χ2v) is 8.88. The largest absolute Gasteiger partial charge is 0.373 e. The molecule has 5 unspecified atom stereocenters. The van der Waals surface area contributed by atoms with Gasteiger partial charge >= 0.3 is 0 Å². The highest BCUT2D eigenvalue weighted by Gasteiger charge is 2.48. The number of alkyl halides is 2. The van der Waals surface area contributed by atoms with Gasteiger partial charge in [-0.15, -0.1) is 0 Å². The van der Waals surface area contributed by atoms with Crippen LogP contribution in [0.15, 0.2) is 0 Å². The van der Waals surface area contributed by atoms with Gasteiger partial charge in [0, 0.05) is 18.0 Å². The summed E-state index contributed by atoms with van der Waals surface area (Å²) in [5.41, 5.74) is 0. The molecule has 1 aliphatic heterocycles. The van der Waals surface area contributed by atoms with E-state index in [0.29, 0.717) is 23.7 Å². The first kappa shape index (κ1) is 20.1. The van der Waals surface area contributed by atoms with E-state index in [2.05, 4.69) is 46.4 Å². The molecular formula is C20H37F2NO. The zero-order valence-corrected chi connectivity index (χ0v) is 16.3. The van der Waals surface area contributed by atoms with Crippen LogP contribution in [0.1, 0.15) is 67.2 Å². The third-order valence-electron chi connectivity index (χ3n) is 6.04. The molecule has 0 aromatic heterocycles. The van der Waals surface area contributed by atoms with Crippen LogP contribution in [0, 0.1) is 23.7 Å². The van der Waals surface area contributed by atoms with Crippen LogP contribution in [0.4, 0.5) is 8.78 Å². The Morgan fingerprint density at radius 2 is 1.54 bits per heavy atom. The maximum absolute atomic E-state index is 13.4. The van der Waals surface area contributed by atoms with Crippen LogP contribution in [0.3, 0.4) is 0 Å². The molecule has 4 heteroatoms. The Bertz CT molecular complexity index is 386. The van der Waals surface area contributed by atoms with E-state index in [9.17, 15) is 8.78 Å². The number of rotatable bonds is 5. The predicted octanol–water partition coefficient (Wildman–Crippen LogP) is 5.22. The second-order valence-electron chi connectivity index (χ2n) is 8.88. The van der Waals surface area contributed by atoms with Crippen LogP contribution in [0.5, 0.6) is 0 Å². The van der Waals surface area contributed by atoms with E-state index in [0.717, 1.165) is 25.7 Å². The summed E-state index contributed by atoms with van der Waals surface area (Å²) in [7, 11) is 0. The van der Waals surface area contributed by atoms with Gasteiger partial charge in [-0.25, -0.2) is 8.78 Å². The molecular weight excluding hydrogens is 308 g/mol. The zero-order chi connectivity index (χ0) is 18.0. The first-order valence-corrected chi connectivity index (χ1v) is 9.93. The van der Waals surface area contributed by atoms with Gasteiger partial charge in [0.25, 0.3) is 6.43 Å². The van der Waals surface area contributed by atoms with Gasteiger partial charge in [-0.1, -0.05) is 54.4 Å². The lowest BCUT2D eigenvalue weighted by atomic mass is 9.75. The molecule has 2 rings (SSSR count). The van der Waals surface area contributed by atoms with Crippen molar-refractivity contribution >= 4 is 0 Å². The molecule has 1 aliphatic carbocycles. The molecule has 0 bridgehead atoms. The molecule has 142 valence electrons. The van der Waals surface area contributed by atoms with E-state index < -0.39 is 6.43 Å². The zero-order valence-electron chi connectivity index (χ0n) is 16.3. The van der Waals surface area contributed by atoms with Crippen molar-refractivity contribution in [1.82, 2.24) is 4.90 Å². The molecule has 1 heterocycles. The van der Waals surface area contributed by atoms with Gasteiger partial charge < -0.3 is 4.74 Å². The van der Waals surface area contributed by atoms with E-state index in [1.807, 2.05) is 0 Å². The SMILES string of the molecule is CC(C)C1OC2CCCCC2N(CC(F)F)C(C(C)C)C1C(C)C. The van der Waals surface area contributed by atoms with Crippen LogP contribution in [0.2, 0.25) is 0 Å². The molecule has 2 fully saturated rings. The molecule has 2 nitrogen and oxygen atoms in total. The van der Waals surface area contributed by atoms with Crippen molar-refractivity contribution < 1.29 is 13.5 Å². The Morgan fingerprint density at radius 3 is 2.04 bits per heavy atom. The second kappa shape index (κ2) is 8.44. The highest BCUT2D eigenvalue weighted by atomic mass is 19.3. The average molecular weight is 346 g/mol. The molecule has 5 atom stereocenters. The lowest BCUT2D eigenvalue weighted by molar-refractivity contribution is -0.0856. The summed E-state index contributed by atoms with van der Waals surface area (Å²) < 4.78 is 33.6. The fraction of sp³-hybridized carbons (Fsp3) is 1.00. The summed E-state index contributed by atoms with van der Waals surface area (Å²) in [4.78, 5) is 2.16. The fourth-order valence-corrected chi connectivity index (χ4v) is 5.16. The molecule has 0 N–H and O–H groups in total. The standard InChI is InChI=1S/C20H37F2NO/c1-12(2)18-19(13(3)4)23(11-17(21)22)15-9-7-8-10-16(15)24-20(18)14(5)6/h12-20H,7-11H2,1-6H3. The van der Waals surface area contributed by atoms with E-state index in [4.69, 9.17) is 4.74 Å². The maximum Gasteiger partial charge on any atom is 0.251 e. The minimum Gasteiger partial charge on any atom is -0.373 e. The Morgan fingerprint density at radius 1 is 0.917 bits per heavy atom. The van der Waals surface area contributed by atoms with Crippen molar-refractivity contribution in [3.63, 3.8) is 0 Å². The topological polar surface area (TPSA) is 12.5 Å². The summed E-state index contributed by atoms with van der Waals surface area (Å²) in [5.74, 6) is 1.48. The van der Waals surface area contributed by atoms with Crippen LogP contribution in [-0.2, 0) is 4.74 Å². The third-order valence-corrected chi connectivity index (χ3v) is 6.04. The summed E-state index contributed by atoms with van der Waals surface area (Å²) in [6.45, 7) is 13.2. The third kappa shape index (κ3) is 4.30. The number of ether oxygens (including phenoxy) is 1. The van der Waals surface area contributed by atoms with Crippen molar-refractivity contribution in [2.45, 2.75) is 97.9 Å². The molecule has 0 radical (unpaired) electrons. The van der Waals surface area contributed by atoms with Crippen molar-refractivity contribution in [3.8, 4) is 0 Å². The molecule has 24 heavy (non-hydrogen) atoms. The van der Waals surface area contributed by atoms with E-state index in [1.54, 1.807) is 0 Å². The van der Waals surface area contributed by atoms with Crippen molar-refractivity contribution in [2.75, 3.05) is 6.54 Å². The summed E-state index contributed by atoms with van der Waals surface area (Å²) >= 11 is 0. The summed E-state index contributed by atoms with van der Waals surface area (Å²) in [6, 6.07) is 0.324. The Labute approximate surface area is 147 Å². The maximum atomic E-state index is 13.4. The lowest BCUT2D eigenvalue weighted by Crippen LogP contribution is -2.55. The highest BCUT2D eigenvalue weighted by Crippen LogP contribution is 2.42. The van der Waals surface area contributed by atoms with Gasteiger partial charge in [0.1, 0.15) is 0 Å². The number of nitrogens with zero attached hydrogens (tertiary/aromatic N) is 1. The normalized spacial score (nSPS) is 35.8. The quantitative estimate of drug-likeness (QED) is 0.677. The first-order valence-electron chi connectivity index (χ1n) is 9.93. The smallest absolute Gasteiger partial charge is 0.251 e. The lowest BCUT2D eigenvalue weighted by Gasteiger charge is -2.45. The van der Waals surface area contributed by atoms with Gasteiger partial charge in [-0.05, 0) is 30.6 Å². The van der Waals surface area contributed by atoms with E-state index in [1.165, 1.54) is 0 Å². The highest BCUT2D eigenvalue weighted by molar-refractivity contribution is 4.99. The molecule has 0 aromatic rings. The monoisotopic (exact) mass is 345 g/mol. The van der Waals surface area contributed by atoms with Crippen molar-refractivity contribution in [1.29, 1.82) is 0 Å². The Balaban J connectivity index is 2.46. The van der Waals surface area contributed by atoms with Gasteiger partial charge in [0.15, 0.2) is 0 Å². The molecule has 1 saturated carbocycles. The fourth-order valence-electron chi connectivity index (χ4n) is 5.16. The van der Waals surface area contributed by atoms with Crippen molar-refractivity contribution in [2.24, 2.45) is 23.7 Å². The van der Waals surface area contributed by atoms with Crippen LogP contribution < -0.4 is 0 Å². The van der Waals surface area contributed by atoms with E-state index >= 15 is 0 Å². The number of fused-ring (bicyclic) bond motifs is 1. The molecule has 0 spiro atoms. The average Bonchev–Trinajstić information content (AvgIpc) is 2.62. The van der Waals surface area contributed by atoms with Crippen LogP contribution in [0.25, 0.3) is 0 Å². The van der Waals surface area contributed by atoms with Gasteiger partial charge in [-0.3, -0.25) is 4.90 Å². The molecule has 2 aliphatic rings. The number of hydrogen-bond donors (Lipinski definition) is 0. The molecule has 0 aromatic carbocycles. The first-order chi connectivity index (χ1) is 11.2. The predicted molar refractivity (Wildman–Crippen MR) is 95.4 cm³/mol. The Hall–Kier alpha value is -0.220. The van der Waals surface area contributed by atoms with Crippen molar-refractivity contribution in [3.05, 3.63) is 0 Å². The number of hydrogen-bond acceptors (Lipinski definition) is 2. The molecule has 1 saturated heterocycles. The Kier molecular flexibility index (Phi) is 7.07. The van der Waals surface area contributed by atoms with Crippen LogP contribution >= 0.6 is 0 Å². The van der Waals surface area contributed by atoms with E-state index in [-0.39, 0.29) is 30.8 Å². The minimum atomic E-state index is -2.28. The minimum absolute atomic E-state index is 0.110. The number of halogens is 2. The molecule has 0 amide bonds. The van der Waals surface area contributed by atoms with Gasteiger partial charge in [0.05, 0.1) is 18.8 Å². The van der Waals surface area contributed by atoms with Crippen LogP contribution in [-0.4, -0.2) is 42.2 Å². The summed E-state index contributed by atoms with van der Waals surface area (Å²) in [6.07, 6.45) is 2.30. The van der Waals surface area contributed by atoms with Gasteiger partial charge in [-0.2, -0.15) is 0 Å². The summed E-state index contributed by atoms with van der Waals surface area (Å²) in [5, 5.41) is 0. The van der Waals surface area contributed by atoms with Gasteiger partial charge in [0.2, 0.25) is 0 Å².